The van der Waals surface area contributed by atoms with Crippen LogP contribution in [0.4, 0.5) is 4.79 Å². The number of ether oxygens (including phenoxy) is 1. The molecule has 0 bridgehead atoms. The first-order valence-corrected chi connectivity index (χ1v) is 11.4. The zero-order chi connectivity index (χ0) is 22.8. The van der Waals surface area contributed by atoms with Crippen molar-refractivity contribution in [1.82, 2.24) is 20.7 Å². The van der Waals surface area contributed by atoms with Gasteiger partial charge < -0.3 is 20.7 Å². The van der Waals surface area contributed by atoms with Gasteiger partial charge in [0, 0.05) is 26.7 Å². The number of guanidine groups is 1. The minimum atomic E-state index is -3.43. The second-order valence-electron chi connectivity index (χ2n) is 8.49. The van der Waals surface area contributed by atoms with Crippen molar-refractivity contribution in [3.8, 4) is 0 Å². The molecule has 0 fully saturated rings. The van der Waals surface area contributed by atoms with E-state index in [1.807, 2.05) is 44.2 Å². The van der Waals surface area contributed by atoms with Crippen LogP contribution in [-0.4, -0.2) is 57.5 Å². The summed E-state index contributed by atoms with van der Waals surface area (Å²) in [4.78, 5) is 16.0. The van der Waals surface area contributed by atoms with E-state index in [1.165, 1.54) is 0 Å². The van der Waals surface area contributed by atoms with Crippen molar-refractivity contribution >= 4 is 22.1 Å². The predicted octanol–water partition coefficient (Wildman–Crippen LogP) is 1.57. The van der Waals surface area contributed by atoms with Crippen LogP contribution in [0, 0.1) is 0 Å². The zero-order valence-corrected chi connectivity index (χ0v) is 19.5. The Bertz CT molecular complexity index is 802. The third-order valence-electron chi connectivity index (χ3n) is 3.76. The molecular formula is C20H35N5O4S. The van der Waals surface area contributed by atoms with Crippen LogP contribution in [0.1, 0.15) is 40.2 Å². The van der Waals surface area contributed by atoms with Gasteiger partial charge >= 0.3 is 6.09 Å². The molecule has 0 saturated carbocycles. The fraction of sp³-hybridized carbons (Fsp3) is 0.600. The third kappa shape index (κ3) is 11.6. The Labute approximate surface area is 180 Å². The molecule has 0 aliphatic heterocycles. The molecule has 170 valence electrons. The summed E-state index contributed by atoms with van der Waals surface area (Å²) >= 11 is 0. The van der Waals surface area contributed by atoms with Crippen molar-refractivity contribution in [3.63, 3.8) is 0 Å². The number of aliphatic imine (C=N–C) groups is 1. The largest absolute Gasteiger partial charge is 0.444 e. The van der Waals surface area contributed by atoms with Crippen LogP contribution in [0.15, 0.2) is 35.3 Å². The minimum absolute atomic E-state index is 0.0971. The second-order valence-corrected chi connectivity index (χ2v) is 10.4. The Hall–Kier alpha value is -2.33. The second kappa shape index (κ2) is 11.2. The van der Waals surface area contributed by atoms with Crippen LogP contribution in [0.25, 0.3) is 0 Å². The quantitative estimate of drug-likeness (QED) is 0.341. The van der Waals surface area contributed by atoms with Gasteiger partial charge in [-0.2, -0.15) is 0 Å². The van der Waals surface area contributed by atoms with Crippen LogP contribution in [-0.2, 0) is 21.3 Å². The van der Waals surface area contributed by atoms with E-state index in [2.05, 4.69) is 25.7 Å². The normalized spacial score (nSPS) is 12.9. The van der Waals surface area contributed by atoms with Crippen molar-refractivity contribution in [1.29, 1.82) is 0 Å². The average Bonchev–Trinajstić information content (AvgIpc) is 2.61. The third-order valence-corrected chi connectivity index (χ3v) is 5.09. The van der Waals surface area contributed by atoms with Crippen LogP contribution < -0.4 is 20.7 Å². The summed E-state index contributed by atoms with van der Waals surface area (Å²) in [7, 11) is -1.84. The molecule has 0 aliphatic carbocycles. The Morgan fingerprint density at radius 2 is 1.70 bits per heavy atom. The maximum atomic E-state index is 12.2. The number of rotatable bonds is 9. The van der Waals surface area contributed by atoms with Crippen molar-refractivity contribution in [3.05, 3.63) is 35.9 Å². The standard InChI is InChI=1S/C20H35N5O4S/c1-19(2,3)29-18(26)25-20(4,5)15-23-17(21-6)22-12-13-30(27,28)24-14-16-10-8-7-9-11-16/h7-11,24H,12-15H2,1-6H3,(H,25,26)(H2,21,22,23). The van der Waals surface area contributed by atoms with Gasteiger partial charge in [-0.3, -0.25) is 4.99 Å². The molecule has 0 spiro atoms. The SMILES string of the molecule is CN=C(NCCS(=O)(=O)NCc1ccccc1)NCC(C)(C)NC(=O)OC(C)(C)C. The van der Waals surface area contributed by atoms with Gasteiger partial charge in [-0.25, -0.2) is 17.9 Å². The molecule has 1 amide bonds. The molecular weight excluding hydrogens is 406 g/mol. The van der Waals surface area contributed by atoms with Crippen LogP contribution in [0.2, 0.25) is 0 Å². The summed E-state index contributed by atoms with van der Waals surface area (Å²) in [5.74, 6) is 0.340. The molecule has 0 aliphatic rings. The van der Waals surface area contributed by atoms with Gasteiger partial charge in [0.15, 0.2) is 5.96 Å². The van der Waals surface area contributed by atoms with Gasteiger partial charge in [-0.1, -0.05) is 30.3 Å². The number of amides is 1. The number of carbonyl (C=O) groups is 1. The summed E-state index contributed by atoms with van der Waals surface area (Å²) in [6, 6.07) is 9.32. The molecule has 4 N–H and O–H groups in total. The Morgan fingerprint density at radius 3 is 2.27 bits per heavy atom. The molecule has 1 rings (SSSR count). The van der Waals surface area contributed by atoms with E-state index in [-0.39, 0.29) is 18.8 Å². The smallest absolute Gasteiger partial charge is 0.408 e. The number of sulfonamides is 1. The van der Waals surface area contributed by atoms with E-state index in [0.29, 0.717) is 12.5 Å². The summed E-state index contributed by atoms with van der Waals surface area (Å²) in [6.45, 7) is 9.88. The maximum absolute atomic E-state index is 12.2. The fourth-order valence-electron chi connectivity index (χ4n) is 2.31. The highest BCUT2D eigenvalue weighted by Crippen LogP contribution is 2.09. The van der Waals surface area contributed by atoms with Crippen molar-refractivity contribution in [2.24, 2.45) is 4.99 Å². The lowest BCUT2D eigenvalue weighted by molar-refractivity contribution is 0.0474. The molecule has 0 saturated heterocycles. The lowest BCUT2D eigenvalue weighted by Crippen LogP contribution is -2.54. The zero-order valence-electron chi connectivity index (χ0n) is 18.7. The Balaban J connectivity index is 2.40. The lowest BCUT2D eigenvalue weighted by Gasteiger charge is -2.29. The van der Waals surface area contributed by atoms with Gasteiger partial charge in [-0.05, 0) is 40.2 Å². The molecule has 0 radical (unpaired) electrons. The van der Waals surface area contributed by atoms with Crippen molar-refractivity contribution in [2.75, 3.05) is 25.9 Å². The van der Waals surface area contributed by atoms with E-state index >= 15 is 0 Å². The summed E-state index contributed by atoms with van der Waals surface area (Å²) in [6.07, 6.45) is -0.507. The highest BCUT2D eigenvalue weighted by atomic mass is 32.2. The summed E-state index contributed by atoms with van der Waals surface area (Å²) < 4.78 is 32.1. The van der Waals surface area contributed by atoms with Crippen LogP contribution in [0.5, 0.6) is 0 Å². The molecule has 30 heavy (non-hydrogen) atoms. The molecule has 1 aromatic rings. The molecule has 0 aromatic heterocycles. The van der Waals surface area contributed by atoms with E-state index in [9.17, 15) is 13.2 Å². The predicted molar refractivity (Wildman–Crippen MR) is 120 cm³/mol. The Kier molecular flexibility index (Phi) is 9.57. The van der Waals surface area contributed by atoms with Crippen molar-refractivity contribution < 1.29 is 17.9 Å². The van der Waals surface area contributed by atoms with E-state index < -0.39 is 27.3 Å². The first-order chi connectivity index (χ1) is 13.8. The molecule has 0 heterocycles. The first-order valence-electron chi connectivity index (χ1n) is 9.79. The lowest BCUT2D eigenvalue weighted by atomic mass is 10.1. The number of hydrogen-bond donors (Lipinski definition) is 4. The van der Waals surface area contributed by atoms with E-state index in [1.54, 1.807) is 27.8 Å². The minimum Gasteiger partial charge on any atom is -0.444 e. The molecule has 0 unspecified atom stereocenters. The molecule has 0 atom stereocenters. The van der Waals surface area contributed by atoms with Crippen LogP contribution >= 0.6 is 0 Å². The van der Waals surface area contributed by atoms with Gasteiger partial charge in [0.2, 0.25) is 10.0 Å². The van der Waals surface area contributed by atoms with Crippen molar-refractivity contribution in [2.45, 2.75) is 52.3 Å². The van der Waals surface area contributed by atoms with E-state index in [4.69, 9.17) is 4.74 Å². The maximum Gasteiger partial charge on any atom is 0.408 e. The first kappa shape index (κ1) is 25.7. The topological polar surface area (TPSA) is 121 Å². The molecule has 1 aromatic carbocycles. The highest BCUT2D eigenvalue weighted by molar-refractivity contribution is 7.89. The van der Waals surface area contributed by atoms with Crippen LogP contribution in [0.3, 0.4) is 0 Å². The van der Waals surface area contributed by atoms with Gasteiger partial charge in [-0.15, -0.1) is 0 Å². The fourth-order valence-corrected chi connectivity index (χ4v) is 3.22. The highest BCUT2D eigenvalue weighted by Gasteiger charge is 2.24. The number of alkyl carbamates (subject to hydrolysis) is 1. The van der Waals surface area contributed by atoms with E-state index in [0.717, 1.165) is 5.56 Å². The number of benzene rings is 1. The molecule has 9 nitrogen and oxygen atoms in total. The van der Waals surface area contributed by atoms with Gasteiger partial charge in [0.1, 0.15) is 5.60 Å². The summed E-state index contributed by atoms with van der Waals surface area (Å²) in [5, 5.41) is 8.83. The monoisotopic (exact) mass is 441 g/mol. The number of carbonyl (C=O) groups excluding carboxylic acids is 1. The number of nitrogens with one attached hydrogen (secondary N) is 4. The number of nitrogens with zero attached hydrogens (tertiary/aromatic N) is 1. The van der Waals surface area contributed by atoms with Gasteiger partial charge in [0.25, 0.3) is 0 Å². The Morgan fingerprint density at radius 1 is 1.07 bits per heavy atom. The van der Waals surface area contributed by atoms with Gasteiger partial charge in [0.05, 0.1) is 11.3 Å². The average molecular weight is 442 g/mol. The number of hydrogen-bond acceptors (Lipinski definition) is 5. The molecule has 10 heteroatoms. The summed E-state index contributed by atoms with van der Waals surface area (Å²) in [5.41, 5.74) is -0.291.